The third kappa shape index (κ3) is 5.09. The van der Waals surface area contributed by atoms with Crippen molar-refractivity contribution in [3.05, 3.63) is 35.6 Å². The zero-order valence-corrected chi connectivity index (χ0v) is 13.8. The van der Waals surface area contributed by atoms with Gasteiger partial charge in [0.05, 0.1) is 12.0 Å². The summed E-state index contributed by atoms with van der Waals surface area (Å²) in [5.41, 5.74) is 1.05. The Kier molecular flexibility index (Phi) is 5.57. The topological polar surface area (TPSA) is 41.1 Å². The van der Waals surface area contributed by atoms with Crippen molar-refractivity contribution in [2.45, 2.75) is 46.1 Å². The minimum Gasteiger partial charge on any atom is -0.349 e. The van der Waals surface area contributed by atoms with Crippen molar-refractivity contribution >= 4 is 5.91 Å². The maximum absolute atomic E-state index is 13.1. The van der Waals surface area contributed by atoms with Gasteiger partial charge in [-0.2, -0.15) is 0 Å². The van der Waals surface area contributed by atoms with E-state index in [1.807, 2.05) is 0 Å². The van der Waals surface area contributed by atoms with Crippen LogP contribution in [0.3, 0.4) is 0 Å². The van der Waals surface area contributed by atoms with E-state index in [4.69, 9.17) is 0 Å². The van der Waals surface area contributed by atoms with E-state index >= 15 is 0 Å². The Morgan fingerprint density at radius 2 is 2.05 bits per heavy atom. The first-order chi connectivity index (χ1) is 10.3. The molecule has 1 aromatic rings. The van der Waals surface area contributed by atoms with Crippen LogP contribution >= 0.6 is 0 Å². The van der Waals surface area contributed by atoms with E-state index in [0.29, 0.717) is 0 Å². The van der Waals surface area contributed by atoms with Crippen molar-refractivity contribution in [2.24, 2.45) is 11.3 Å². The summed E-state index contributed by atoms with van der Waals surface area (Å²) in [7, 11) is 0. The van der Waals surface area contributed by atoms with E-state index in [0.717, 1.165) is 37.9 Å². The number of amides is 1. The van der Waals surface area contributed by atoms with Crippen molar-refractivity contribution in [2.75, 3.05) is 13.1 Å². The van der Waals surface area contributed by atoms with E-state index in [1.165, 1.54) is 12.1 Å². The lowest BCUT2D eigenvalue weighted by molar-refractivity contribution is -0.126. The van der Waals surface area contributed by atoms with Gasteiger partial charge in [-0.05, 0) is 48.9 Å². The molecule has 0 aliphatic carbocycles. The molecule has 122 valence electrons. The summed E-state index contributed by atoms with van der Waals surface area (Å²) in [5, 5.41) is 6.45. The van der Waals surface area contributed by atoms with Crippen molar-refractivity contribution in [1.82, 2.24) is 10.6 Å². The molecule has 1 aliphatic heterocycles. The normalized spacial score (nSPS) is 20.5. The molecular weight excluding hydrogens is 279 g/mol. The van der Waals surface area contributed by atoms with Crippen LogP contribution in [0, 0.1) is 17.2 Å². The number of rotatable bonds is 4. The van der Waals surface area contributed by atoms with E-state index in [2.05, 4.69) is 31.4 Å². The molecule has 1 aliphatic rings. The van der Waals surface area contributed by atoms with Crippen molar-refractivity contribution in [1.29, 1.82) is 0 Å². The molecule has 0 saturated carbocycles. The van der Waals surface area contributed by atoms with Crippen LogP contribution in [0.4, 0.5) is 4.39 Å². The van der Waals surface area contributed by atoms with Crippen molar-refractivity contribution < 1.29 is 9.18 Å². The van der Waals surface area contributed by atoms with Gasteiger partial charge in [0.2, 0.25) is 5.91 Å². The highest BCUT2D eigenvalue weighted by Crippen LogP contribution is 2.30. The molecule has 1 aromatic carbocycles. The van der Waals surface area contributed by atoms with Gasteiger partial charge in [0.15, 0.2) is 0 Å². The van der Waals surface area contributed by atoms with E-state index in [1.54, 1.807) is 12.1 Å². The standard InChI is InChI=1S/C18H27FN2O/c1-18(2,3)11-16(13-6-8-15(19)9-7-13)21-17(22)14-5-4-10-20-12-14/h6-9,14,16,20H,4-5,10-12H2,1-3H3,(H,21,22). The lowest BCUT2D eigenvalue weighted by Gasteiger charge is -2.30. The van der Waals surface area contributed by atoms with Gasteiger partial charge in [-0.3, -0.25) is 4.79 Å². The van der Waals surface area contributed by atoms with E-state index in [9.17, 15) is 9.18 Å². The molecule has 0 spiro atoms. The number of hydrogen-bond donors (Lipinski definition) is 2. The lowest BCUT2D eigenvalue weighted by atomic mass is 9.85. The first-order valence-corrected chi connectivity index (χ1v) is 8.12. The third-order valence-corrected chi connectivity index (χ3v) is 4.07. The molecule has 2 unspecified atom stereocenters. The molecule has 0 aromatic heterocycles. The second kappa shape index (κ2) is 7.23. The zero-order valence-electron chi connectivity index (χ0n) is 13.8. The number of carbonyl (C=O) groups is 1. The minimum atomic E-state index is -0.249. The first kappa shape index (κ1) is 16.9. The fourth-order valence-electron chi connectivity index (χ4n) is 2.92. The van der Waals surface area contributed by atoms with Crippen molar-refractivity contribution in [3.8, 4) is 0 Å². The summed E-state index contributed by atoms with van der Waals surface area (Å²) in [4.78, 5) is 12.5. The molecule has 1 amide bonds. The number of piperidine rings is 1. The summed E-state index contributed by atoms with van der Waals surface area (Å²) in [6.07, 6.45) is 2.80. The van der Waals surface area contributed by atoms with Crippen LogP contribution in [0.5, 0.6) is 0 Å². The molecule has 0 bridgehead atoms. The van der Waals surface area contributed by atoms with E-state index in [-0.39, 0.29) is 29.1 Å². The van der Waals surface area contributed by atoms with Crippen LogP contribution < -0.4 is 10.6 Å². The summed E-state index contributed by atoms with van der Waals surface area (Å²) < 4.78 is 13.1. The van der Waals surface area contributed by atoms with Crippen LogP contribution in [0.25, 0.3) is 0 Å². The number of carbonyl (C=O) groups excluding carboxylic acids is 1. The quantitative estimate of drug-likeness (QED) is 0.895. The third-order valence-electron chi connectivity index (χ3n) is 4.07. The second-order valence-corrected chi connectivity index (χ2v) is 7.42. The largest absolute Gasteiger partial charge is 0.349 e. The summed E-state index contributed by atoms with van der Waals surface area (Å²) in [6, 6.07) is 6.38. The monoisotopic (exact) mass is 306 g/mol. The number of halogens is 1. The van der Waals surface area contributed by atoms with Gasteiger partial charge >= 0.3 is 0 Å². The van der Waals surface area contributed by atoms with Gasteiger partial charge in [0.25, 0.3) is 0 Å². The molecule has 22 heavy (non-hydrogen) atoms. The molecular formula is C18H27FN2O. The molecule has 4 heteroatoms. The molecule has 1 saturated heterocycles. The van der Waals surface area contributed by atoms with Crippen LogP contribution in [-0.4, -0.2) is 19.0 Å². The van der Waals surface area contributed by atoms with Gasteiger partial charge in [-0.25, -0.2) is 4.39 Å². The average molecular weight is 306 g/mol. The number of nitrogens with one attached hydrogen (secondary N) is 2. The number of hydrogen-bond acceptors (Lipinski definition) is 2. The van der Waals surface area contributed by atoms with Crippen LogP contribution in [0.1, 0.15) is 51.6 Å². The highest BCUT2D eigenvalue weighted by molar-refractivity contribution is 5.79. The Hall–Kier alpha value is -1.42. The Morgan fingerprint density at radius 1 is 1.36 bits per heavy atom. The van der Waals surface area contributed by atoms with Crippen LogP contribution in [-0.2, 0) is 4.79 Å². The predicted molar refractivity (Wildman–Crippen MR) is 86.9 cm³/mol. The van der Waals surface area contributed by atoms with Gasteiger partial charge in [-0.1, -0.05) is 32.9 Å². The fraction of sp³-hybridized carbons (Fsp3) is 0.611. The summed E-state index contributed by atoms with van der Waals surface area (Å²) in [5.74, 6) is -0.108. The molecule has 2 atom stereocenters. The maximum Gasteiger partial charge on any atom is 0.224 e. The minimum absolute atomic E-state index is 0.0386. The molecule has 1 heterocycles. The van der Waals surface area contributed by atoms with Gasteiger partial charge in [0.1, 0.15) is 5.82 Å². The maximum atomic E-state index is 13.1. The average Bonchev–Trinajstić information content (AvgIpc) is 2.47. The Balaban J connectivity index is 2.10. The molecule has 2 N–H and O–H groups in total. The Bertz CT molecular complexity index is 487. The molecule has 3 nitrogen and oxygen atoms in total. The van der Waals surface area contributed by atoms with Gasteiger partial charge in [0, 0.05) is 6.54 Å². The zero-order chi connectivity index (χ0) is 16.2. The smallest absolute Gasteiger partial charge is 0.224 e. The molecule has 1 fully saturated rings. The summed E-state index contributed by atoms with van der Waals surface area (Å²) >= 11 is 0. The van der Waals surface area contributed by atoms with Gasteiger partial charge < -0.3 is 10.6 Å². The molecule has 2 rings (SSSR count). The SMILES string of the molecule is CC(C)(C)CC(NC(=O)C1CCCNC1)c1ccc(F)cc1. The highest BCUT2D eigenvalue weighted by Gasteiger charge is 2.26. The van der Waals surface area contributed by atoms with E-state index < -0.39 is 0 Å². The predicted octanol–water partition coefficient (Wildman–Crippen LogP) is 3.42. The van der Waals surface area contributed by atoms with Crippen LogP contribution in [0.15, 0.2) is 24.3 Å². The second-order valence-electron chi connectivity index (χ2n) is 7.42. The summed E-state index contributed by atoms with van der Waals surface area (Å²) in [6.45, 7) is 8.19. The Labute approximate surface area is 132 Å². The number of benzene rings is 1. The fourth-order valence-corrected chi connectivity index (χ4v) is 2.92. The van der Waals surface area contributed by atoms with Gasteiger partial charge in [-0.15, -0.1) is 0 Å². The van der Waals surface area contributed by atoms with Crippen molar-refractivity contribution in [3.63, 3.8) is 0 Å². The lowest BCUT2D eigenvalue weighted by Crippen LogP contribution is -2.42. The highest BCUT2D eigenvalue weighted by atomic mass is 19.1. The molecule has 0 radical (unpaired) electrons. The van der Waals surface area contributed by atoms with Crippen LogP contribution in [0.2, 0.25) is 0 Å². The Morgan fingerprint density at radius 3 is 2.59 bits per heavy atom. The first-order valence-electron chi connectivity index (χ1n) is 8.12.